The van der Waals surface area contributed by atoms with Gasteiger partial charge in [0.1, 0.15) is 12.4 Å². The van der Waals surface area contributed by atoms with Gasteiger partial charge in [-0.1, -0.05) is 67.3 Å². The topological polar surface area (TPSA) is 81.3 Å². The number of anilines is 1. The first-order valence-electron chi connectivity index (χ1n) is 13.6. The molecule has 1 N–H and O–H groups in total. The summed E-state index contributed by atoms with van der Waals surface area (Å²) in [7, 11) is 0. The summed E-state index contributed by atoms with van der Waals surface area (Å²) in [4.78, 5) is 31.4. The number of para-hydroxylation sites is 2. The van der Waals surface area contributed by atoms with E-state index in [1.54, 1.807) is 12.3 Å². The molecule has 2 heterocycles. The Labute approximate surface area is 226 Å². The van der Waals surface area contributed by atoms with E-state index in [0.717, 1.165) is 59.2 Å². The van der Waals surface area contributed by atoms with Crippen LogP contribution in [0.25, 0.3) is 21.8 Å². The maximum absolute atomic E-state index is 13.6. The lowest BCUT2D eigenvalue weighted by Crippen LogP contribution is -2.25. The van der Waals surface area contributed by atoms with Crippen LogP contribution in [0, 0.1) is 6.92 Å². The van der Waals surface area contributed by atoms with E-state index >= 15 is 0 Å². The monoisotopic (exact) mass is 517 g/mol. The molecule has 0 unspecified atom stereocenters. The van der Waals surface area contributed by atoms with Crippen molar-refractivity contribution in [2.45, 2.75) is 51.5 Å². The third kappa shape index (κ3) is 5.12. The number of carbonyl (C=O) groups is 1. The molecule has 1 fully saturated rings. The quantitative estimate of drug-likeness (QED) is 0.271. The summed E-state index contributed by atoms with van der Waals surface area (Å²) in [6.07, 6.45) is 9.15. The number of hydrogen-bond acceptors (Lipinski definition) is 4. The average Bonchev–Trinajstić information content (AvgIpc) is 3.31. The summed E-state index contributed by atoms with van der Waals surface area (Å²) >= 11 is 0. The summed E-state index contributed by atoms with van der Waals surface area (Å²) < 4.78 is 3.41. The predicted octanol–water partition coefficient (Wildman–Crippen LogP) is 6.23. The van der Waals surface area contributed by atoms with Crippen LogP contribution in [0.2, 0.25) is 0 Å². The highest BCUT2D eigenvalue weighted by Gasteiger charge is 2.22. The largest absolute Gasteiger partial charge is 0.337 e. The van der Waals surface area contributed by atoms with Crippen LogP contribution < -0.4 is 10.9 Å². The van der Waals surface area contributed by atoms with E-state index in [-0.39, 0.29) is 23.9 Å². The van der Waals surface area contributed by atoms with Gasteiger partial charge in [0.05, 0.1) is 17.1 Å². The van der Waals surface area contributed by atoms with E-state index in [1.165, 1.54) is 11.1 Å². The number of aryl methyl sites for hydroxylation is 1. The third-order valence-corrected chi connectivity index (χ3v) is 7.53. The molecule has 39 heavy (non-hydrogen) atoms. The second-order valence-corrected chi connectivity index (χ2v) is 10.3. The Morgan fingerprint density at radius 3 is 2.49 bits per heavy atom. The van der Waals surface area contributed by atoms with E-state index in [4.69, 9.17) is 10.1 Å². The molecular formula is C32H31N5O2. The Hall–Kier alpha value is -4.52. The van der Waals surface area contributed by atoms with Crippen molar-refractivity contribution in [3.8, 4) is 0 Å². The van der Waals surface area contributed by atoms with Crippen LogP contribution in [-0.2, 0) is 11.3 Å². The number of nitrogens with one attached hydrogen (secondary N) is 1. The van der Waals surface area contributed by atoms with Crippen LogP contribution >= 0.6 is 0 Å². The minimum Gasteiger partial charge on any atom is -0.337 e. The molecule has 3 aromatic carbocycles. The van der Waals surface area contributed by atoms with Crippen molar-refractivity contribution in [3.63, 3.8) is 0 Å². The third-order valence-electron chi connectivity index (χ3n) is 7.53. The zero-order chi connectivity index (χ0) is 26.8. The van der Waals surface area contributed by atoms with E-state index in [1.807, 2.05) is 84.4 Å². The molecule has 6 rings (SSSR count). The highest BCUT2D eigenvalue weighted by molar-refractivity contribution is 6.00. The molecule has 0 saturated heterocycles. The van der Waals surface area contributed by atoms with Crippen LogP contribution in [0.3, 0.4) is 0 Å². The SMILES string of the molecule is Cc1ccc(NC(=O)Cn2cc(C=Nn3c(C4CCCCC4)nc4ccccc4c3=O)c3ccccc32)cc1. The highest BCUT2D eigenvalue weighted by atomic mass is 16.2. The van der Waals surface area contributed by atoms with Crippen LogP contribution in [-0.4, -0.2) is 26.3 Å². The summed E-state index contributed by atoms with van der Waals surface area (Å²) in [6, 6.07) is 23.1. The van der Waals surface area contributed by atoms with Gasteiger partial charge in [0.15, 0.2) is 0 Å². The average molecular weight is 518 g/mol. The molecule has 0 atom stereocenters. The standard InChI is InChI=1S/C32H31N5O2/c1-22-15-17-25(18-16-22)34-30(38)21-36-20-24(26-11-6-8-14-29(26)36)19-33-37-31(23-9-3-2-4-10-23)35-28-13-7-5-12-27(28)32(37)39/h5-8,11-20,23H,2-4,9-10,21H2,1H3,(H,34,38). The zero-order valence-corrected chi connectivity index (χ0v) is 22.0. The number of aromatic nitrogens is 3. The van der Waals surface area contributed by atoms with Gasteiger partial charge >= 0.3 is 0 Å². The normalized spacial score (nSPS) is 14.4. The van der Waals surface area contributed by atoms with Crippen molar-refractivity contribution < 1.29 is 4.79 Å². The molecule has 2 aromatic heterocycles. The van der Waals surface area contributed by atoms with Gasteiger partial charge in [0, 0.05) is 34.3 Å². The second kappa shape index (κ2) is 10.7. The van der Waals surface area contributed by atoms with Crippen molar-refractivity contribution in [2.24, 2.45) is 5.10 Å². The number of nitrogens with zero attached hydrogens (tertiary/aromatic N) is 4. The molecule has 1 aliphatic rings. The number of carbonyl (C=O) groups excluding carboxylic acids is 1. The van der Waals surface area contributed by atoms with Gasteiger partial charge in [0.25, 0.3) is 5.56 Å². The van der Waals surface area contributed by atoms with Crippen molar-refractivity contribution in [1.29, 1.82) is 0 Å². The number of amides is 1. The van der Waals surface area contributed by atoms with Gasteiger partial charge in [-0.15, -0.1) is 0 Å². The van der Waals surface area contributed by atoms with Crippen molar-refractivity contribution in [1.82, 2.24) is 14.2 Å². The smallest absolute Gasteiger partial charge is 0.282 e. The van der Waals surface area contributed by atoms with Gasteiger partial charge in [-0.25, -0.2) is 4.98 Å². The Morgan fingerprint density at radius 2 is 1.69 bits per heavy atom. The fourth-order valence-corrected chi connectivity index (χ4v) is 5.50. The van der Waals surface area contributed by atoms with Crippen molar-refractivity contribution in [3.05, 3.63) is 106 Å². The highest BCUT2D eigenvalue weighted by Crippen LogP contribution is 2.32. The maximum Gasteiger partial charge on any atom is 0.282 e. The molecule has 0 aliphatic heterocycles. The zero-order valence-electron chi connectivity index (χ0n) is 22.0. The van der Waals surface area contributed by atoms with Crippen LogP contribution in [0.5, 0.6) is 0 Å². The summed E-state index contributed by atoms with van der Waals surface area (Å²) in [5, 5.41) is 9.22. The lowest BCUT2D eigenvalue weighted by Gasteiger charge is -2.22. The van der Waals surface area contributed by atoms with Crippen molar-refractivity contribution in [2.75, 3.05) is 5.32 Å². The number of benzene rings is 3. The number of hydrogen-bond donors (Lipinski definition) is 1. The van der Waals surface area contributed by atoms with Gasteiger partial charge in [-0.2, -0.15) is 9.78 Å². The molecule has 0 spiro atoms. The molecule has 1 saturated carbocycles. The van der Waals surface area contributed by atoms with Crippen LogP contribution in [0.15, 0.2) is 88.9 Å². The Morgan fingerprint density at radius 1 is 0.974 bits per heavy atom. The minimum absolute atomic E-state index is 0.113. The molecule has 5 aromatic rings. The summed E-state index contributed by atoms with van der Waals surface area (Å²) in [5.41, 5.74) is 4.23. The van der Waals surface area contributed by atoms with Crippen LogP contribution in [0.1, 0.15) is 55.0 Å². The molecule has 196 valence electrons. The molecular weight excluding hydrogens is 486 g/mol. The van der Waals surface area contributed by atoms with E-state index < -0.39 is 0 Å². The first kappa shape index (κ1) is 24.8. The van der Waals surface area contributed by atoms with E-state index in [9.17, 15) is 9.59 Å². The fourth-order valence-electron chi connectivity index (χ4n) is 5.50. The van der Waals surface area contributed by atoms with Crippen LogP contribution in [0.4, 0.5) is 5.69 Å². The molecule has 0 radical (unpaired) electrons. The summed E-state index contributed by atoms with van der Waals surface area (Å²) in [5.74, 6) is 0.827. The number of fused-ring (bicyclic) bond motifs is 2. The van der Waals surface area contributed by atoms with Gasteiger partial charge in [-0.05, 0) is 50.1 Å². The first-order chi connectivity index (χ1) is 19.1. The molecule has 0 bridgehead atoms. The molecule has 1 amide bonds. The molecule has 1 aliphatic carbocycles. The lowest BCUT2D eigenvalue weighted by molar-refractivity contribution is -0.116. The Kier molecular flexibility index (Phi) is 6.80. The van der Waals surface area contributed by atoms with Gasteiger partial charge in [-0.3, -0.25) is 9.59 Å². The lowest BCUT2D eigenvalue weighted by atomic mass is 9.88. The van der Waals surface area contributed by atoms with Gasteiger partial charge in [0.2, 0.25) is 5.91 Å². The summed E-state index contributed by atoms with van der Waals surface area (Å²) in [6.45, 7) is 2.17. The molecule has 7 nitrogen and oxygen atoms in total. The van der Waals surface area contributed by atoms with Gasteiger partial charge < -0.3 is 9.88 Å². The van der Waals surface area contributed by atoms with E-state index in [0.29, 0.717) is 10.9 Å². The van der Waals surface area contributed by atoms with E-state index in [2.05, 4.69) is 5.32 Å². The predicted molar refractivity (Wildman–Crippen MR) is 157 cm³/mol. The second-order valence-electron chi connectivity index (χ2n) is 10.3. The first-order valence-corrected chi connectivity index (χ1v) is 13.6. The fraction of sp³-hybridized carbons (Fsp3) is 0.250. The van der Waals surface area contributed by atoms with Crippen molar-refractivity contribution >= 4 is 39.6 Å². The maximum atomic E-state index is 13.6. The Bertz CT molecular complexity index is 1740. The Balaban J connectivity index is 1.36. The number of rotatable bonds is 6. The minimum atomic E-state index is -0.154. The molecule has 7 heteroatoms.